The van der Waals surface area contributed by atoms with Crippen LogP contribution in [0.2, 0.25) is 0 Å². The van der Waals surface area contributed by atoms with Crippen LogP contribution in [0.3, 0.4) is 0 Å². The third kappa shape index (κ3) is 4.60. The molecule has 0 spiro atoms. The highest BCUT2D eigenvalue weighted by Gasteiger charge is 2.26. The Bertz CT molecular complexity index is 717. The quantitative estimate of drug-likeness (QED) is 0.742. The maximum absolute atomic E-state index is 12.6. The molecule has 1 aromatic carbocycles. The van der Waals surface area contributed by atoms with E-state index in [-0.39, 0.29) is 10.8 Å². The molecular formula is C17H26N4O4S. The van der Waals surface area contributed by atoms with Gasteiger partial charge in [-0.15, -0.1) is 0 Å². The number of ether oxygens (including phenoxy) is 1. The molecule has 2 heterocycles. The number of nitrogens with one attached hydrogen (secondary N) is 2. The number of sulfonamides is 1. The third-order valence-electron chi connectivity index (χ3n) is 4.73. The Morgan fingerprint density at radius 1 is 1.23 bits per heavy atom. The van der Waals surface area contributed by atoms with Crippen molar-refractivity contribution in [1.29, 1.82) is 0 Å². The van der Waals surface area contributed by atoms with Crippen molar-refractivity contribution in [2.45, 2.75) is 17.9 Å². The first-order valence-electron chi connectivity index (χ1n) is 8.89. The minimum absolute atomic E-state index is 0.0949. The summed E-state index contributed by atoms with van der Waals surface area (Å²) in [6, 6.07) is 6.65. The Morgan fingerprint density at radius 2 is 1.92 bits per heavy atom. The van der Waals surface area contributed by atoms with Gasteiger partial charge in [-0.1, -0.05) is 0 Å². The molecular weight excluding hydrogens is 356 g/mol. The van der Waals surface area contributed by atoms with Crippen molar-refractivity contribution in [2.75, 3.05) is 57.8 Å². The molecule has 2 aliphatic rings. The van der Waals surface area contributed by atoms with Gasteiger partial charge < -0.3 is 15.4 Å². The van der Waals surface area contributed by atoms with Crippen molar-refractivity contribution in [1.82, 2.24) is 14.5 Å². The van der Waals surface area contributed by atoms with Crippen molar-refractivity contribution >= 4 is 21.6 Å². The lowest BCUT2D eigenvalue weighted by atomic mass is 10.2. The molecule has 3 rings (SSSR count). The van der Waals surface area contributed by atoms with E-state index in [1.807, 2.05) is 0 Å². The van der Waals surface area contributed by atoms with Gasteiger partial charge in [-0.2, -0.15) is 4.31 Å². The van der Waals surface area contributed by atoms with Crippen LogP contribution in [0.25, 0.3) is 0 Å². The van der Waals surface area contributed by atoms with Gasteiger partial charge in [0.15, 0.2) is 0 Å². The minimum atomic E-state index is -3.51. The molecule has 0 radical (unpaired) electrons. The van der Waals surface area contributed by atoms with Gasteiger partial charge in [0.2, 0.25) is 15.9 Å². The second-order valence-electron chi connectivity index (χ2n) is 6.61. The molecule has 26 heavy (non-hydrogen) atoms. The highest BCUT2D eigenvalue weighted by atomic mass is 32.2. The van der Waals surface area contributed by atoms with Crippen LogP contribution in [0.1, 0.15) is 6.92 Å². The lowest BCUT2D eigenvalue weighted by Crippen LogP contribution is -2.51. The van der Waals surface area contributed by atoms with Crippen molar-refractivity contribution in [3.63, 3.8) is 0 Å². The molecule has 1 aromatic rings. The molecule has 0 bridgehead atoms. The molecule has 9 heteroatoms. The second kappa shape index (κ2) is 8.45. The topological polar surface area (TPSA) is 91.0 Å². The fourth-order valence-electron chi connectivity index (χ4n) is 3.15. The van der Waals surface area contributed by atoms with Crippen LogP contribution in [0, 0.1) is 0 Å². The predicted molar refractivity (Wildman–Crippen MR) is 98.6 cm³/mol. The minimum Gasteiger partial charge on any atom is -0.379 e. The SMILES string of the molecule is C[C@@H]1CNCCN1CC(=O)Nc1ccc(S(=O)(=O)N2CCOCC2)cc1. The van der Waals surface area contributed by atoms with Gasteiger partial charge in [0, 0.05) is 44.5 Å². The summed E-state index contributed by atoms with van der Waals surface area (Å²) < 4.78 is 31.8. The van der Waals surface area contributed by atoms with Crippen LogP contribution in [0.4, 0.5) is 5.69 Å². The van der Waals surface area contributed by atoms with Gasteiger partial charge in [0.1, 0.15) is 0 Å². The van der Waals surface area contributed by atoms with Crippen LogP contribution in [0.15, 0.2) is 29.2 Å². The molecule has 2 fully saturated rings. The first-order chi connectivity index (χ1) is 12.5. The summed E-state index contributed by atoms with van der Waals surface area (Å²) in [6.45, 7) is 6.57. The molecule has 2 aliphatic heterocycles. The number of piperazine rings is 1. The average Bonchev–Trinajstić information content (AvgIpc) is 2.65. The van der Waals surface area contributed by atoms with Gasteiger partial charge in [-0.3, -0.25) is 9.69 Å². The van der Waals surface area contributed by atoms with Gasteiger partial charge in [-0.25, -0.2) is 8.42 Å². The second-order valence-corrected chi connectivity index (χ2v) is 8.55. The van der Waals surface area contributed by atoms with Crippen LogP contribution < -0.4 is 10.6 Å². The standard InChI is InChI=1S/C17H26N4O4S/c1-14-12-18-6-7-20(14)13-17(22)19-15-2-4-16(5-3-15)26(23,24)21-8-10-25-11-9-21/h2-5,14,18H,6-13H2,1H3,(H,19,22)/t14-/m1/s1. The number of rotatable bonds is 5. The zero-order valence-electron chi connectivity index (χ0n) is 15.0. The number of carbonyl (C=O) groups excluding carboxylic acids is 1. The zero-order valence-corrected chi connectivity index (χ0v) is 15.8. The summed E-state index contributed by atoms with van der Waals surface area (Å²) in [7, 11) is -3.51. The van der Waals surface area contributed by atoms with Crippen molar-refractivity contribution < 1.29 is 17.9 Å². The van der Waals surface area contributed by atoms with E-state index in [1.165, 1.54) is 16.4 Å². The summed E-state index contributed by atoms with van der Waals surface area (Å²) in [4.78, 5) is 14.6. The molecule has 2 saturated heterocycles. The number of hydrogen-bond acceptors (Lipinski definition) is 6. The largest absolute Gasteiger partial charge is 0.379 e. The van der Waals surface area contributed by atoms with E-state index in [0.29, 0.717) is 44.6 Å². The summed E-state index contributed by atoms with van der Waals surface area (Å²) in [5.74, 6) is -0.0949. The van der Waals surface area contributed by atoms with Crippen LogP contribution >= 0.6 is 0 Å². The van der Waals surface area contributed by atoms with Crippen molar-refractivity contribution in [3.05, 3.63) is 24.3 Å². The maximum Gasteiger partial charge on any atom is 0.243 e. The van der Waals surface area contributed by atoms with Gasteiger partial charge in [0.05, 0.1) is 24.7 Å². The highest BCUT2D eigenvalue weighted by Crippen LogP contribution is 2.19. The van der Waals surface area contributed by atoms with E-state index in [4.69, 9.17) is 4.74 Å². The van der Waals surface area contributed by atoms with Crippen LogP contribution in [-0.2, 0) is 19.6 Å². The lowest BCUT2D eigenvalue weighted by Gasteiger charge is -2.33. The molecule has 1 amide bonds. The zero-order chi connectivity index (χ0) is 18.6. The number of morpholine rings is 1. The Kier molecular flexibility index (Phi) is 6.25. The van der Waals surface area contributed by atoms with E-state index in [9.17, 15) is 13.2 Å². The van der Waals surface area contributed by atoms with Crippen molar-refractivity contribution in [3.8, 4) is 0 Å². The third-order valence-corrected chi connectivity index (χ3v) is 6.64. The first-order valence-corrected chi connectivity index (χ1v) is 10.3. The molecule has 0 aliphatic carbocycles. The Balaban J connectivity index is 1.59. The molecule has 144 valence electrons. The van der Waals surface area contributed by atoms with Gasteiger partial charge >= 0.3 is 0 Å². The smallest absolute Gasteiger partial charge is 0.243 e. The van der Waals surface area contributed by atoms with Crippen LogP contribution in [0.5, 0.6) is 0 Å². The number of benzene rings is 1. The fraction of sp³-hybridized carbons (Fsp3) is 0.588. The fourth-order valence-corrected chi connectivity index (χ4v) is 4.56. The number of amides is 1. The Labute approximate surface area is 154 Å². The molecule has 0 saturated carbocycles. The van der Waals surface area contributed by atoms with Gasteiger partial charge in [-0.05, 0) is 31.2 Å². The highest BCUT2D eigenvalue weighted by molar-refractivity contribution is 7.89. The van der Waals surface area contributed by atoms with Crippen molar-refractivity contribution in [2.24, 2.45) is 0 Å². The molecule has 1 atom stereocenters. The number of nitrogens with zero attached hydrogens (tertiary/aromatic N) is 2. The maximum atomic E-state index is 12.6. The molecule has 8 nitrogen and oxygen atoms in total. The number of hydrogen-bond donors (Lipinski definition) is 2. The molecule has 0 unspecified atom stereocenters. The average molecular weight is 382 g/mol. The summed E-state index contributed by atoms with van der Waals surface area (Å²) in [6.07, 6.45) is 0. The monoisotopic (exact) mass is 382 g/mol. The summed E-state index contributed by atoms with van der Waals surface area (Å²) in [5, 5.41) is 6.13. The number of anilines is 1. The Morgan fingerprint density at radius 3 is 2.58 bits per heavy atom. The van der Waals surface area contributed by atoms with E-state index in [2.05, 4.69) is 22.5 Å². The number of carbonyl (C=O) groups is 1. The molecule has 0 aromatic heterocycles. The summed E-state index contributed by atoms with van der Waals surface area (Å²) >= 11 is 0. The van der Waals surface area contributed by atoms with E-state index >= 15 is 0 Å². The van der Waals surface area contributed by atoms with E-state index in [1.54, 1.807) is 12.1 Å². The summed E-state index contributed by atoms with van der Waals surface area (Å²) in [5.41, 5.74) is 0.596. The lowest BCUT2D eigenvalue weighted by molar-refractivity contribution is -0.118. The van der Waals surface area contributed by atoms with E-state index in [0.717, 1.165) is 19.6 Å². The molecule has 2 N–H and O–H groups in total. The van der Waals surface area contributed by atoms with E-state index < -0.39 is 10.0 Å². The van der Waals surface area contributed by atoms with Crippen LogP contribution in [-0.4, -0.2) is 82.1 Å². The first kappa shape index (κ1) is 19.2. The Hall–Kier alpha value is -1.52. The normalized spacial score (nSPS) is 22.9. The van der Waals surface area contributed by atoms with Gasteiger partial charge in [0.25, 0.3) is 0 Å². The predicted octanol–water partition coefficient (Wildman–Crippen LogP) is -0.0603.